The first kappa shape index (κ1) is 23.0. The Morgan fingerprint density at radius 1 is 1.20 bits per heavy atom. The number of rotatable bonds is 7. The van der Waals surface area contributed by atoms with Crippen LogP contribution in [0, 0.1) is 12.8 Å². The number of hydrogen-bond acceptors (Lipinski definition) is 5. The third-order valence-corrected chi connectivity index (χ3v) is 7.45. The van der Waals surface area contributed by atoms with Gasteiger partial charge >= 0.3 is 0 Å². The lowest BCUT2D eigenvalue weighted by atomic mass is 9.89. The van der Waals surface area contributed by atoms with Crippen molar-refractivity contribution in [3.05, 3.63) is 35.4 Å². The number of aliphatic imine (C=N–C) groups is 1. The highest BCUT2D eigenvalue weighted by Crippen LogP contribution is 2.33. The predicted octanol–water partition coefficient (Wildman–Crippen LogP) is 1.75. The number of benzene rings is 1. The van der Waals surface area contributed by atoms with Gasteiger partial charge < -0.3 is 15.4 Å². The second-order valence-electron chi connectivity index (χ2n) is 8.24. The van der Waals surface area contributed by atoms with Crippen molar-refractivity contribution in [2.24, 2.45) is 10.9 Å². The van der Waals surface area contributed by atoms with Gasteiger partial charge in [0.15, 0.2) is 15.8 Å². The third kappa shape index (κ3) is 6.96. The van der Waals surface area contributed by atoms with Crippen molar-refractivity contribution in [3.8, 4) is 0 Å². The molecule has 2 aliphatic rings. The number of guanidine groups is 1. The van der Waals surface area contributed by atoms with Crippen LogP contribution in [-0.2, 0) is 14.6 Å². The highest BCUT2D eigenvalue weighted by atomic mass is 32.2. The van der Waals surface area contributed by atoms with Crippen molar-refractivity contribution in [1.29, 1.82) is 0 Å². The van der Waals surface area contributed by atoms with E-state index in [-0.39, 0.29) is 17.6 Å². The van der Waals surface area contributed by atoms with Gasteiger partial charge in [0.1, 0.15) is 0 Å². The van der Waals surface area contributed by atoms with Gasteiger partial charge in [-0.15, -0.1) is 0 Å². The van der Waals surface area contributed by atoms with Gasteiger partial charge in [-0.25, -0.2) is 8.42 Å². The van der Waals surface area contributed by atoms with Gasteiger partial charge in [-0.1, -0.05) is 29.8 Å². The fraction of sp³-hybridized carbons (Fsp3) is 0.682. The van der Waals surface area contributed by atoms with Crippen molar-refractivity contribution in [1.82, 2.24) is 15.5 Å². The number of sulfone groups is 1. The summed E-state index contributed by atoms with van der Waals surface area (Å²) >= 11 is 0. The summed E-state index contributed by atoms with van der Waals surface area (Å²) in [5.74, 6) is 1.71. The fourth-order valence-corrected chi connectivity index (χ4v) is 5.29. The number of hydrogen-bond donors (Lipinski definition) is 2. The van der Waals surface area contributed by atoms with Crippen LogP contribution in [0.15, 0.2) is 29.3 Å². The molecule has 8 heteroatoms. The molecular formula is C22H36N4O3S. The van der Waals surface area contributed by atoms with Gasteiger partial charge in [0, 0.05) is 51.8 Å². The van der Waals surface area contributed by atoms with Crippen molar-refractivity contribution < 1.29 is 13.2 Å². The van der Waals surface area contributed by atoms with Crippen LogP contribution in [0.2, 0.25) is 0 Å². The average molecular weight is 437 g/mol. The molecule has 0 radical (unpaired) electrons. The van der Waals surface area contributed by atoms with Crippen molar-refractivity contribution in [2.45, 2.75) is 32.8 Å². The molecule has 3 rings (SSSR count). The van der Waals surface area contributed by atoms with E-state index in [0.717, 1.165) is 51.6 Å². The first-order chi connectivity index (χ1) is 14.5. The molecule has 0 spiro atoms. The van der Waals surface area contributed by atoms with Gasteiger partial charge in [-0.05, 0) is 32.3 Å². The Balaban J connectivity index is 1.53. The molecule has 0 aliphatic carbocycles. The molecule has 30 heavy (non-hydrogen) atoms. The fourth-order valence-electron chi connectivity index (χ4n) is 4.01. The summed E-state index contributed by atoms with van der Waals surface area (Å²) in [4.78, 5) is 7.03. The SMILES string of the molecule is CCNC(=NCC1CCCOC1c1ccc(C)cc1)NCCN1CCS(=O)(=O)CC1. The van der Waals surface area contributed by atoms with E-state index in [4.69, 9.17) is 9.73 Å². The lowest BCUT2D eigenvalue weighted by Crippen LogP contribution is -2.46. The molecule has 1 aromatic rings. The molecule has 0 aromatic heterocycles. The summed E-state index contributed by atoms with van der Waals surface area (Å²) in [7, 11) is -2.83. The van der Waals surface area contributed by atoms with E-state index in [1.54, 1.807) is 0 Å². The monoisotopic (exact) mass is 436 g/mol. The minimum absolute atomic E-state index is 0.0984. The van der Waals surface area contributed by atoms with Gasteiger partial charge in [-0.2, -0.15) is 0 Å². The number of nitrogens with one attached hydrogen (secondary N) is 2. The standard InChI is InChI=1S/C22H36N4O3S/c1-3-23-22(24-10-11-26-12-15-30(27,28)16-13-26)25-17-20-5-4-14-29-21(20)19-8-6-18(2)7-9-19/h6-9,20-21H,3-5,10-17H2,1-2H3,(H2,23,24,25). The Bertz CT molecular complexity index is 781. The zero-order valence-electron chi connectivity index (χ0n) is 18.3. The van der Waals surface area contributed by atoms with E-state index in [1.807, 2.05) is 0 Å². The molecule has 2 atom stereocenters. The van der Waals surface area contributed by atoms with Crippen LogP contribution in [0.1, 0.15) is 37.0 Å². The maximum Gasteiger partial charge on any atom is 0.191 e. The molecule has 0 saturated carbocycles. The van der Waals surface area contributed by atoms with Gasteiger partial charge in [0.2, 0.25) is 0 Å². The van der Waals surface area contributed by atoms with Crippen LogP contribution in [0.25, 0.3) is 0 Å². The summed E-state index contributed by atoms with van der Waals surface area (Å²) in [5.41, 5.74) is 2.49. The molecule has 7 nitrogen and oxygen atoms in total. The second kappa shape index (κ2) is 11.1. The average Bonchev–Trinajstić information content (AvgIpc) is 2.74. The molecule has 0 amide bonds. The topological polar surface area (TPSA) is 83.0 Å². The lowest BCUT2D eigenvalue weighted by molar-refractivity contribution is -0.0250. The zero-order valence-corrected chi connectivity index (χ0v) is 19.1. The van der Waals surface area contributed by atoms with Crippen molar-refractivity contribution in [3.63, 3.8) is 0 Å². The van der Waals surface area contributed by atoms with Crippen LogP contribution in [0.3, 0.4) is 0 Å². The number of ether oxygens (including phenoxy) is 1. The number of aryl methyl sites for hydroxylation is 1. The molecular weight excluding hydrogens is 400 g/mol. The Morgan fingerprint density at radius 3 is 2.63 bits per heavy atom. The van der Waals surface area contributed by atoms with Crippen molar-refractivity contribution in [2.75, 3.05) is 57.4 Å². The molecule has 2 unspecified atom stereocenters. The Labute approximate surface area is 181 Å². The maximum atomic E-state index is 11.6. The molecule has 2 saturated heterocycles. The summed E-state index contributed by atoms with van der Waals surface area (Å²) in [6.45, 7) is 9.29. The maximum absolute atomic E-state index is 11.6. The smallest absolute Gasteiger partial charge is 0.191 e. The van der Waals surface area contributed by atoms with Gasteiger partial charge in [0.25, 0.3) is 0 Å². The summed E-state index contributed by atoms with van der Waals surface area (Å²) in [5, 5.41) is 6.72. The van der Waals surface area contributed by atoms with Crippen LogP contribution < -0.4 is 10.6 Å². The minimum Gasteiger partial charge on any atom is -0.373 e. The second-order valence-corrected chi connectivity index (χ2v) is 10.5. The van der Waals surface area contributed by atoms with Gasteiger partial charge in [0.05, 0.1) is 17.6 Å². The van der Waals surface area contributed by atoms with E-state index in [9.17, 15) is 8.42 Å². The highest BCUT2D eigenvalue weighted by molar-refractivity contribution is 7.91. The van der Waals surface area contributed by atoms with E-state index >= 15 is 0 Å². The zero-order chi connectivity index (χ0) is 21.4. The van der Waals surface area contributed by atoms with E-state index in [2.05, 4.69) is 53.6 Å². The van der Waals surface area contributed by atoms with Crippen LogP contribution in [0.4, 0.5) is 0 Å². The van der Waals surface area contributed by atoms with E-state index < -0.39 is 9.84 Å². The largest absolute Gasteiger partial charge is 0.373 e. The summed E-state index contributed by atoms with van der Waals surface area (Å²) in [6, 6.07) is 8.63. The van der Waals surface area contributed by atoms with Crippen molar-refractivity contribution >= 4 is 15.8 Å². The third-order valence-electron chi connectivity index (χ3n) is 5.84. The molecule has 0 bridgehead atoms. The van der Waals surface area contributed by atoms with E-state index in [1.165, 1.54) is 11.1 Å². The molecule has 1 aromatic carbocycles. The summed E-state index contributed by atoms with van der Waals surface area (Å²) < 4.78 is 29.2. The predicted molar refractivity (Wildman–Crippen MR) is 122 cm³/mol. The molecule has 2 fully saturated rings. The Hall–Kier alpha value is -1.64. The Kier molecular flexibility index (Phi) is 8.53. The Morgan fingerprint density at radius 2 is 1.93 bits per heavy atom. The first-order valence-electron chi connectivity index (χ1n) is 11.1. The lowest BCUT2D eigenvalue weighted by Gasteiger charge is -2.31. The van der Waals surface area contributed by atoms with Gasteiger partial charge in [-0.3, -0.25) is 9.89 Å². The van der Waals surface area contributed by atoms with Crippen LogP contribution in [-0.4, -0.2) is 76.7 Å². The van der Waals surface area contributed by atoms with Crippen LogP contribution in [0.5, 0.6) is 0 Å². The molecule has 2 N–H and O–H groups in total. The molecule has 168 valence electrons. The number of nitrogens with zero attached hydrogens (tertiary/aromatic N) is 2. The van der Waals surface area contributed by atoms with E-state index in [0.29, 0.717) is 19.0 Å². The van der Waals surface area contributed by atoms with Crippen LogP contribution >= 0.6 is 0 Å². The normalized spacial score (nSPS) is 25.1. The minimum atomic E-state index is -2.83. The quantitative estimate of drug-likeness (QED) is 0.501. The molecule has 2 heterocycles. The summed E-state index contributed by atoms with van der Waals surface area (Å²) in [6.07, 6.45) is 2.29. The molecule has 2 aliphatic heterocycles. The highest BCUT2D eigenvalue weighted by Gasteiger charge is 2.27. The first-order valence-corrected chi connectivity index (χ1v) is 12.9.